The molecule has 0 unspecified atom stereocenters. The van der Waals surface area contributed by atoms with Crippen molar-refractivity contribution in [1.82, 2.24) is 9.62 Å². The Bertz CT molecular complexity index is 1130. The second-order valence-electron chi connectivity index (χ2n) is 7.87. The van der Waals surface area contributed by atoms with Gasteiger partial charge in [-0.3, -0.25) is 4.79 Å². The Morgan fingerprint density at radius 2 is 1.70 bits per heavy atom. The highest BCUT2D eigenvalue weighted by Gasteiger charge is 2.40. The molecule has 1 N–H and O–H groups in total. The van der Waals surface area contributed by atoms with Crippen molar-refractivity contribution in [1.29, 1.82) is 0 Å². The highest BCUT2D eigenvalue weighted by atomic mass is 32.2. The first-order valence-electron chi connectivity index (χ1n) is 10.5. The molecule has 1 amide bonds. The van der Waals surface area contributed by atoms with E-state index in [9.17, 15) is 26.4 Å². The predicted molar refractivity (Wildman–Crippen MR) is 112 cm³/mol. The van der Waals surface area contributed by atoms with Crippen molar-refractivity contribution in [3.05, 3.63) is 53.6 Å². The molecule has 2 heterocycles. The van der Waals surface area contributed by atoms with Gasteiger partial charge in [-0.05, 0) is 42.7 Å². The number of hydrogen-bond donors (Lipinski definition) is 1. The fourth-order valence-corrected chi connectivity index (χ4v) is 5.64. The minimum atomic E-state index is -4.78. The van der Waals surface area contributed by atoms with Crippen molar-refractivity contribution in [3.8, 4) is 11.5 Å². The van der Waals surface area contributed by atoms with Crippen LogP contribution in [0.5, 0.6) is 11.5 Å². The summed E-state index contributed by atoms with van der Waals surface area (Å²) in [5.41, 5.74) is -0.360. The molecule has 0 radical (unpaired) electrons. The highest BCUT2D eigenvalue weighted by Crippen LogP contribution is 2.36. The third-order valence-corrected chi connectivity index (χ3v) is 7.67. The molecule has 33 heavy (non-hydrogen) atoms. The Labute approximate surface area is 189 Å². The van der Waals surface area contributed by atoms with Crippen molar-refractivity contribution >= 4 is 15.9 Å². The number of hydrogen-bond acceptors (Lipinski definition) is 5. The molecule has 0 aliphatic carbocycles. The number of amides is 1. The molecular weight excluding hydrogens is 461 g/mol. The monoisotopic (exact) mass is 484 g/mol. The lowest BCUT2D eigenvalue weighted by molar-refractivity contribution is -0.139. The molecule has 0 saturated carbocycles. The summed E-state index contributed by atoms with van der Waals surface area (Å²) in [4.78, 5) is 11.8. The molecule has 2 aliphatic rings. The van der Waals surface area contributed by atoms with E-state index in [0.717, 1.165) is 28.1 Å². The molecule has 7 nitrogen and oxygen atoms in total. The number of halogens is 3. The van der Waals surface area contributed by atoms with Gasteiger partial charge in [0.15, 0.2) is 11.5 Å². The van der Waals surface area contributed by atoms with Gasteiger partial charge in [0, 0.05) is 25.6 Å². The molecular formula is C22H23F3N2O5S. The van der Waals surface area contributed by atoms with Gasteiger partial charge in [0.2, 0.25) is 15.9 Å². The molecule has 11 heteroatoms. The average Bonchev–Trinajstić information content (AvgIpc) is 2.82. The highest BCUT2D eigenvalue weighted by molar-refractivity contribution is 7.89. The van der Waals surface area contributed by atoms with Gasteiger partial charge in [0.05, 0.1) is 10.5 Å². The van der Waals surface area contributed by atoms with Crippen LogP contribution in [-0.2, 0) is 27.5 Å². The number of fused-ring (bicyclic) bond motifs is 1. The minimum Gasteiger partial charge on any atom is -0.486 e. The number of piperidine rings is 1. The first-order valence-corrected chi connectivity index (χ1v) is 11.9. The molecule has 2 aromatic rings. The maximum absolute atomic E-state index is 13.3. The van der Waals surface area contributed by atoms with E-state index in [1.807, 2.05) is 6.07 Å². The number of rotatable bonds is 5. The smallest absolute Gasteiger partial charge is 0.417 e. The van der Waals surface area contributed by atoms with E-state index in [-0.39, 0.29) is 38.4 Å². The summed E-state index contributed by atoms with van der Waals surface area (Å²) in [7, 11) is -4.33. The molecule has 0 aromatic heterocycles. The van der Waals surface area contributed by atoms with Crippen LogP contribution in [0.4, 0.5) is 13.2 Å². The Hall–Kier alpha value is -2.79. The average molecular weight is 484 g/mol. The number of carbonyl (C=O) groups is 1. The summed E-state index contributed by atoms with van der Waals surface area (Å²) in [6, 6.07) is 9.52. The fraction of sp³-hybridized carbons (Fsp3) is 0.409. The molecule has 1 fully saturated rings. The molecule has 2 aromatic carbocycles. The SMILES string of the molecule is O=C(NCc1ccc2c(c1)OCCO2)C1CCN(S(=O)(=O)c2ccccc2C(F)(F)F)CC1. The van der Waals surface area contributed by atoms with Gasteiger partial charge in [0.1, 0.15) is 13.2 Å². The fourth-order valence-electron chi connectivity index (χ4n) is 3.95. The first-order chi connectivity index (χ1) is 15.7. The van der Waals surface area contributed by atoms with Crippen molar-refractivity contribution < 1.29 is 35.9 Å². The lowest BCUT2D eigenvalue weighted by Crippen LogP contribution is -2.43. The summed E-state index contributed by atoms with van der Waals surface area (Å²) in [6.45, 7) is 1.15. The summed E-state index contributed by atoms with van der Waals surface area (Å²) in [6.07, 6.45) is -4.34. The molecule has 4 rings (SSSR count). The zero-order valence-corrected chi connectivity index (χ0v) is 18.4. The predicted octanol–water partition coefficient (Wildman–Crippen LogP) is 3.19. The standard InChI is InChI=1S/C22H23F3N2O5S/c23-22(24,25)17-3-1-2-4-20(17)33(29,30)27-9-7-16(8-10-27)21(28)26-14-15-5-6-18-19(13-15)32-12-11-31-18/h1-6,13,16H,7-12,14H2,(H,26,28). The Kier molecular flexibility index (Phi) is 6.53. The van der Waals surface area contributed by atoms with Crippen LogP contribution in [0.2, 0.25) is 0 Å². The largest absolute Gasteiger partial charge is 0.486 e. The van der Waals surface area contributed by atoms with Gasteiger partial charge < -0.3 is 14.8 Å². The molecule has 1 saturated heterocycles. The summed E-state index contributed by atoms with van der Waals surface area (Å²) in [5.74, 6) is 0.617. The molecule has 0 spiro atoms. The molecule has 2 aliphatic heterocycles. The zero-order valence-electron chi connectivity index (χ0n) is 17.6. The maximum atomic E-state index is 13.3. The number of ether oxygens (including phenoxy) is 2. The van der Waals surface area contributed by atoms with E-state index in [1.54, 1.807) is 12.1 Å². The van der Waals surface area contributed by atoms with Gasteiger partial charge in [0.25, 0.3) is 0 Å². The summed E-state index contributed by atoms with van der Waals surface area (Å²) >= 11 is 0. The molecule has 0 bridgehead atoms. The number of nitrogens with one attached hydrogen (secondary N) is 1. The van der Waals surface area contributed by atoms with Gasteiger partial charge >= 0.3 is 6.18 Å². The Morgan fingerprint density at radius 3 is 2.39 bits per heavy atom. The maximum Gasteiger partial charge on any atom is 0.417 e. The zero-order chi connectivity index (χ0) is 23.6. The van der Waals surface area contributed by atoms with Crippen LogP contribution in [-0.4, -0.2) is 44.9 Å². The number of alkyl halides is 3. The van der Waals surface area contributed by atoms with Crippen LogP contribution in [0.3, 0.4) is 0 Å². The number of sulfonamides is 1. The number of carbonyl (C=O) groups excluding carboxylic acids is 1. The van der Waals surface area contributed by atoms with Gasteiger partial charge in [-0.15, -0.1) is 0 Å². The number of benzene rings is 2. The third-order valence-electron chi connectivity index (χ3n) is 5.71. The van der Waals surface area contributed by atoms with Crippen LogP contribution in [0.15, 0.2) is 47.4 Å². The third kappa shape index (κ3) is 5.09. The quantitative estimate of drug-likeness (QED) is 0.705. The minimum absolute atomic E-state index is 0.0311. The van der Waals surface area contributed by atoms with E-state index in [0.29, 0.717) is 24.7 Å². The van der Waals surface area contributed by atoms with E-state index >= 15 is 0 Å². The van der Waals surface area contributed by atoms with Crippen LogP contribution in [0.1, 0.15) is 24.0 Å². The molecule has 0 atom stereocenters. The van der Waals surface area contributed by atoms with E-state index in [4.69, 9.17) is 9.47 Å². The van der Waals surface area contributed by atoms with E-state index in [2.05, 4.69) is 5.32 Å². The van der Waals surface area contributed by atoms with Crippen LogP contribution < -0.4 is 14.8 Å². The van der Waals surface area contributed by atoms with Crippen LogP contribution in [0.25, 0.3) is 0 Å². The van der Waals surface area contributed by atoms with Crippen LogP contribution >= 0.6 is 0 Å². The lowest BCUT2D eigenvalue weighted by atomic mass is 9.97. The second-order valence-corrected chi connectivity index (χ2v) is 9.77. The Balaban J connectivity index is 1.35. The van der Waals surface area contributed by atoms with Crippen molar-refractivity contribution in [2.75, 3.05) is 26.3 Å². The first kappa shape index (κ1) is 23.4. The van der Waals surface area contributed by atoms with E-state index < -0.39 is 32.6 Å². The molecule has 178 valence electrons. The van der Waals surface area contributed by atoms with Crippen molar-refractivity contribution in [2.45, 2.75) is 30.5 Å². The number of nitrogens with zero attached hydrogens (tertiary/aromatic N) is 1. The van der Waals surface area contributed by atoms with Crippen molar-refractivity contribution in [2.24, 2.45) is 5.92 Å². The van der Waals surface area contributed by atoms with Gasteiger partial charge in [-0.25, -0.2) is 8.42 Å². The van der Waals surface area contributed by atoms with Gasteiger partial charge in [-0.2, -0.15) is 17.5 Å². The van der Waals surface area contributed by atoms with E-state index in [1.165, 1.54) is 6.07 Å². The van der Waals surface area contributed by atoms with Crippen molar-refractivity contribution in [3.63, 3.8) is 0 Å². The second kappa shape index (κ2) is 9.22. The summed E-state index contributed by atoms with van der Waals surface area (Å²) in [5, 5.41) is 2.84. The van der Waals surface area contributed by atoms with Crippen LogP contribution in [0, 0.1) is 5.92 Å². The summed E-state index contributed by atoms with van der Waals surface area (Å²) < 4.78 is 77.6. The van der Waals surface area contributed by atoms with Gasteiger partial charge in [-0.1, -0.05) is 18.2 Å². The normalized spacial score (nSPS) is 17.5. The topological polar surface area (TPSA) is 84.9 Å². The lowest BCUT2D eigenvalue weighted by Gasteiger charge is -2.31. The Morgan fingerprint density at radius 1 is 1.03 bits per heavy atom.